The molecule has 14 heavy (non-hydrogen) atoms. The molecule has 76 valence electrons. The van der Waals surface area contributed by atoms with Gasteiger partial charge < -0.3 is 10.5 Å². The van der Waals surface area contributed by atoms with E-state index in [0.29, 0.717) is 0 Å². The molecule has 1 aromatic rings. The van der Waals surface area contributed by atoms with Gasteiger partial charge in [0.05, 0.1) is 19.2 Å². The highest BCUT2D eigenvalue weighted by Crippen LogP contribution is 2.10. The second kappa shape index (κ2) is 4.55. The van der Waals surface area contributed by atoms with Gasteiger partial charge in [-0.25, -0.2) is 9.37 Å². The fraction of sp³-hybridized carbons (Fsp3) is 0.333. The summed E-state index contributed by atoms with van der Waals surface area (Å²) in [5, 5.41) is 0. The fourth-order valence-electron chi connectivity index (χ4n) is 1.00. The molecule has 0 fully saturated rings. The molecule has 0 amide bonds. The van der Waals surface area contributed by atoms with E-state index in [1.807, 2.05) is 0 Å². The molecule has 2 N–H and O–H groups in total. The number of pyridine rings is 1. The van der Waals surface area contributed by atoms with E-state index in [1.54, 1.807) is 6.92 Å². The predicted octanol–water partition coefficient (Wildman–Crippen LogP) is 0.909. The highest BCUT2D eigenvalue weighted by Gasteiger charge is 2.09. The summed E-state index contributed by atoms with van der Waals surface area (Å²) in [4.78, 5) is 14.6. The number of carbonyl (C=O) groups is 1. The number of anilines is 1. The van der Waals surface area contributed by atoms with Crippen molar-refractivity contribution in [1.82, 2.24) is 4.98 Å². The number of nitrogens with zero attached hydrogens (tertiary/aromatic N) is 1. The Hall–Kier alpha value is -1.65. The second-order valence-electron chi connectivity index (χ2n) is 2.68. The molecule has 0 aliphatic heterocycles. The molecule has 1 rings (SSSR count). The molecule has 0 bridgehead atoms. The smallest absolute Gasteiger partial charge is 0.310 e. The summed E-state index contributed by atoms with van der Waals surface area (Å²) in [6.07, 6.45) is 0.871. The van der Waals surface area contributed by atoms with Crippen LogP contribution in [0.15, 0.2) is 12.3 Å². The zero-order valence-electron chi connectivity index (χ0n) is 7.79. The van der Waals surface area contributed by atoms with Crippen molar-refractivity contribution in [2.75, 3.05) is 12.3 Å². The van der Waals surface area contributed by atoms with E-state index in [9.17, 15) is 9.18 Å². The quantitative estimate of drug-likeness (QED) is 0.733. The van der Waals surface area contributed by atoms with E-state index >= 15 is 0 Å². The van der Waals surface area contributed by atoms with E-state index in [2.05, 4.69) is 9.72 Å². The Kier molecular flexibility index (Phi) is 3.39. The van der Waals surface area contributed by atoms with E-state index in [4.69, 9.17) is 5.73 Å². The first-order chi connectivity index (χ1) is 6.63. The molecule has 0 aromatic carbocycles. The number of carbonyl (C=O) groups excluding carboxylic acids is 1. The lowest BCUT2D eigenvalue weighted by Gasteiger charge is -2.03. The van der Waals surface area contributed by atoms with Crippen molar-refractivity contribution in [1.29, 1.82) is 0 Å². The van der Waals surface area contributed by atoms with Gasteiger partial charge in [0.15, 0.2) is 0 Å². The van der Waals surface area contributed by atoms with Gasteiger partial charge in [0.1, 0.15) is 11.6 Å². The van der Waals surface area contributed by atoms with Gasteiger partial charge in [-0.15, -0.1) is 0 Å². The van der Waals surface area contributed by atoms with Crippen molar-refractivity contribution in [2.24, 2.45) is 0 Å². The molecule has 5 heteroatoms. The van der Waals surface area contributed by atoms with Gasteiger partial charge in [0.25, 0.3) is 0 Å². The Morgan fingerprint density at radius 3 is 3.07 bits per heavy atom. The van der Waals surface area contributed by atoms with Gasteiger partial charge >= 0.3 is 5.97 Å². The zero-order chi connectivity index (χ0) is 10.6. The average molecular weight is 198 g/mol. The molecule has 0 aliphatic rings. The van der Waals surface area contributed by atoms with Crippen LogP contribution in [0.5, 0.6) is 0 Å². The molecule has 4 nitrogen and oxygen atoms in total. The maximum Gasteiger partial charge on any atom is 0.310 e. The number of nitrogen functional groups attached to an aromatic ring is 1. The van der Waals surface area contributed by atoms with Gasteiger partial charge in [-0.2, -0.15) is 0 Å². The van der Waals surface area contributed by atoms with Crippen LogP contribution in [0.25, 0.3) is 0 Å². The Morgan fingerprint density at radius 2 is 2.43 bits per heavy atom. The van der Waals surface area contributed by atoms with Crippen molar-refractivity contribution in [3.8, 4) is 0 Å². The number of hydrogen-bond donors (Lipinski definition) is 1. The lowest BCUT2D eigenvalue weighted by Crippen LogP contribution is -2.09. The van der Waals surface area contributed by atoms with E-state index < -0.39 is 11.8 Å². The molecule has 1 heterocycles. The van der Waals surface area contributed by atoms with Gasteiger partial charge in [0.2, 0.25) is 0 Å². The lowest BCUT2D eigenvalue weighted by atomic mass is 10.2. The van der Waals surface area contributed by atoms with Crippen LogP contribution < -0.4 is 5.73 Å². The number of nitrogens with two attached hydrogens (primary N) is 1. The third-order valence-corrected chi connectivity index (χ3v) is 1.60. The van der Waals surface area contributed by atoms with E-state index in [-0.39, 0.29) is 24.4 Å². The van der Waals surface area contributed by atoms with Gasteiger partial charge in [-0.05, 0) is 13.0 Å². The normalized spacial score (nSPS) is 9.86. The third-order valence-electron chi connectivity index (χ3n) is 1.60. The minimum absolute atomic E-state index is 0.119. The second-order valence-corrected chi connectivity index (χ2v) is 2.68. The molecular weight excluding hydrogens is 187 g/mol. The first-order valence-electron chi connectivity index (χ1n) is 4.19. The Bertz CT molecular complexity index is 342. The van der Waals surface area contributed by atoms with E-state index in [0.717, 1.165) is 6.20 Å². The SMILES string of the molecule is CCOC(=O)Cc1cc(N)ncc1F. The average Bonchev–Trinajstić information content (AvgIpc) is 2.12. The Labute approximate surface area is 80.9 Å². The predicted molar refractivity (Wildman–Crippen MR) is 48.9 cm³/mol. The molecule has 0 unspecified atom stereocenters. The van der Waals surface area contributed by atoms with Crippen LogP contribution in [0.1, 0.15) is 12.5 Å². The van der Waals surface area contributed by atoms with Crippen LogP contribution in [-0.2, 0) is 16.0 Å². The highest BCUT2D eigenvalue weighted by atomic mass is 19.1. The number of halogens is 1. The van der Waals surface area contributed by atoms with Gasteiger partial charge in [0, 0.05) is 5.56 Å². The number of hydrogen-bond acceptors (Lipinski definition) is 4. The van der Waals surface area contributed by atoms with Crippen LogP contribution in [-0.4, -0.2) is 17.6 Å². The maximum atomic E-state index is 13.0. The first kappa shape index (κ1) is 10.4. The Balaban J connectivity index is 2.75. The lowest BCUT2D eigenvalue weighted by molar-refractivity contribution is -0.142. The molecular formula is C9H11FN2O2. The summed E-state index contributed by atoms with van der Waals surface area (Å²) < 4.78 is 17.7. The Morgan fingerprint density at radius 1 is 1.71 bits per heavy atom. The minimum atomic E-state index is -0.549. The van der Waals surface area contributed by atoms with Crippen molar-refractivity contribution in [2.45, 2.75) is 13.3 Å². The number of rotatable bonds is 3. The zero-order valence-corrected chi connectivity index (χ0v) is 7.79. The highest BCUT2D eigenvalue weighted by molar-refractivity contribution is 5.72. The summed E-state index contributed by atoms with van der Waals surface area (Å²) >= 11 is 0. The first-order valence-corrected chi connectivity index (χ1v) is 4.19. The molecule has 0 radical (unpaired) electrons. The third kappa shape index (κ3) is 2.69. The molecule has 0 aliphatic carbocycles. The summed E-state index contributed by atoms with van der Waals surface area (Å²) in [5.74, 6) is -0.838. The monoisotopic (exact) mass is 198 g/mol. The standard InChI is InChI=1S/C9H11FN2O2/c1-2-14-9(13)4-6-3-8(11)12-5-7(6)10/h3,5H,2,4H2,1H3,(H2,11,12). The van der Waals surface area contributed by atoms with Crippen molar-refractivity contribution >= 4 is 11.8 Å². The van der Waals surface area contributed by atoms with Crippen LogP contribution in [0.4, 0.5) is 10.2 Å². The fourth-order valence-corrected chi connectivity index (χ4v) is 1.00. The molecule has 1 aromatic heterocycles. The maximum absolute atomic E-state index is 13.0. The van der Waals surface area contributed by atoms with Crippen molar-refractivity contribution in [3.05, 3.63) is 23.6 Å². The van der Waals surface area contributed by atoms with Crippen molar-refractivity contribution < 1.29 is 13.9 Å². The largest absolute Gasteiger partial charge is 0.466 e. The summed E-state index contributed by atoms with van der Waals surface area (Å²) in [6.45, 7) is 1.97. The van der Waals surface area contributed by atoms with Crippen LogP contribution in [0, 0.1) is 5.82 Å². The summed E-state index contributed by atoms with van der Waals surface area (Å²) in [7, 11) is 0. The van der Waals surface area contributed by atoms with Gasteiger partial charge in [-0.3, -0.25) is 4.79 Å². The summed E-state index contributed by atoms with van der Waals surface area (Å²) in [5.41, 5.74) is 5.55. The van der Waals surface area contributed by atoms with Crippen LogP contribution in [0.2, 0.25) is 0 Å². The molecule has 0 saturated heterocycles. The number of esters is 1. The van der Waals surface area contributed by atoms with E-state index in [1.165, 1.54) is 6.07 Å². The van der Waals surface area contributed by atoms with Crippen molar-refractivity contribution in [3.63, 3.8) is 0 Å². The van der Waals surface area contributed by atoms with Crippen LogP contribution in [0.3, 0.4) is 0 Å². The number of ether oxygens (including phenoxy) is 1. The molecule has 0 saturated carbocycles. The molecule has 0 atom stereocenters. The van der Waals surface area contributed by atoms with Gasteiger partial charge in [-0.1, -0.05) is 0 Å². The van der Waals surface area contributed by atoms with Crippen LogP contribution >= 0.6 is 0 Å². The number of aromatic nitrogens is 1. The minimum Gasteiger partial charge on any atom is -0.466 e. The summed E-state index contributed by atoms with van der Waals surface area (Å²) in [6, 6.07) is 1.33. The topological polar surface area (TPSA) is 65.2 Å². The molecule has 0 spiro atoms.